The van der Waals surface area contributed by atoms with Crippen molar-refractivity contribution in [3.63, 3.8) is 0 Å². The van der Waals surface area contributed by atoms with Gasteiger partial charge in [-0.05, 0) is 37.8 Å². The van der Waals surface area contributed by atoms with Crippen LogP contribution in [0, 0.1) is 5.92 Å². The van der Waals surface area contributed by atoms with Gasteiger partial charge in [0.1, 0.15) is 0 Å². The van der Waals surface area contributed by atoms with E-state index < -0.39 is 0 Å². The summed E-state index contributed by atoms with van der Waals surface area (Å²) in [4.78, 5) is 11.6. The summed E-state index contributed by atoms with van der Waals surface area (Å²) in [6.07, 6.45) is 2.41. The second-order valence-electron chi connectivity index (χ2n) is 3.83. The van der Waals surface area contributed by atoms with Crippen LogP contribution in [0.3, 0.4) is 0 Å². The van der Waals surface area contributed by atoms with Crippen molar-refractivity contribution in [1.82, 2.24) is 5.43 Å². The Morgan fingerprint density at radius 3 is 2.60 bits per heavy atom. The Bertz CT molecular complexity index is 380. The molecule has 3 nitrogen and oxygen atoms in total. The van der Waals surface area contributed by atoms with E-state index in [1.165, 1.54) is 12.8 Å². The van der Waals surface area contributed by atoms with Crippen molar-refractivity contribution in [3.05, 3.63) is 35.9 Å². The summed E-state index contributed by atoms with van der Waals surface area (Å²) in [5.74, 6) is 0.455. The Morgan fingerprint density at radius 1 is 1.33 bits per heavy atom. The molecule has 0 spiro atoms. The fourth-order valence-electron chi connectivity index (χ4n) is 1.39. The van der Waals surface area contributed by atoms with E-state index in [2.05, 4.69) is 10.5 Å². The van der Waals surface area contributed by atoms with E-state index in [1.807, 2.05) is 25.1 Å². The molecule has 0 radical (unpaired) electrons. The SMILES string of the molecule is C/C(=N\NC(=O)c1ccccc1)C1CC1. The van der Waals surface area contributed by atoms with Crippen molar-refractivity contribution in [3.8, 4) is 0 Å². The molecule has 1 aromatic carbocycles. The third-order valence-electron chi connectivity index (χ3n) is 2.54. The first-order chi connectivity index (χ1) is 7.27. The Morgan fingerprint density at radius 2 is 2.00 bits per heavy atom. The fraction of sp³-hybridized carbons (Fsp3) is 0.333. The van der Waals surface area contributed by atoms with Gasteiger partial charge in [-0.15, -0.1) is 0 Å². The summed E-state index contributed by atoms with van der Waals surface area (Å²) in [6.45, 7) is 1.96. The molecule has 1 aromatic rings. The van der Waals surface area contributed by atoms with Gasteiger partial charge in [-0.1, -0.05) is 18.2 Å². The molecule has 0 aliphatic heterocycles. The molecule has 0 heterocycles. The number of carbonyl (C=O) groups excluding carboxylic acids is 1. The average Bonchev–Trinajstić information content (AvgIpc) is 3.10. The molecule has 78 valence electrons. The van der Waals surface area contributed by atoms with Crippen LogP contribution in [0.2, 0.25) is 0 Å². The number of hydrazone groups is 1. The smallest absolute Gasteiger partial charge is 0.267 e. The van der Waals surface area contributed by atoms with Gasteiger partial charge < -0.3 is 0 Å². The summed E-state index contributed by atoms with van der Waals surface area (Å²) in [6, 6.07) is 9.11. The van der Waals surface area contributed by atoms with Crippen LogP contribution in [0.4, 0.5) is 0 Å². The number of rotatable bonds is 3. The number of benzene rings is 1. The number of carbonyl (C=O) groups is 1. The summed E-state index contributed by atoms with van der Waals surface area (Å²) in [5, 5.41) is 4.08. The highest BCUT2D eigenvalue weighted by Crippen LogP contribution is 2.30. The Labute approximate surface area is 89.2 Å². The summed E-state index contributed by atoms with van der Waals surface area (Å²) < 4.78 is 0. The molecule has 2 rings (SSSR count). The van der Waals surface area contributed by atoms with Gasteiger partial charge in [-0.3, -0.25) is 4.79 Å². The molecule has 1 amide bonds. The minimum atomic E-state index is -0.143. The molecular weight excluding hydrogens is 188 g/mol. The van der Waals surface area contributed by atoms with Crippen LogP contribution >= 0.6 is 0 Å². The van der Waals surface area contributed by atoms with E-state index in [-0.39, 0.29) is 5.91 Å². The van der Waals surface area contributed by atoms with E-state index >= 15 is 0 Å². The summed E-state index contributed by atoms with van der Waals surface area (Å²) in [7, 11) is 0. The highest BCUT2D eigenvalue weighted by molar-refractivity contribution is 5.95. The molecule has 1 saturated carbocycles. The van der Waals surface area contributed by atoms with Gasteiger partial charge in [0.2, 0.25) is 0 Å². The first-order valence-electron chi connectivity index (χ1n) is 5.17. The van der Waals surface area contributed by atoms with Crippen molar-refractivity contribution < 1.29 is 4.79 Å². The second-order valence-corrected chi connectivity index (χ2v) is 3.83. The Hall–Kier alpha value is -1.64. The molecule has 0 atom stereocenters. The average molecular weight is 202 g/mol. The molecule has 0 unspecified atom stereocenters. The minimum Gasteiger partial charge on any atom is -0.267 e. The standard InChI is InChI=1S/C12H14N2O/c1-9(10-7-8-10)13-14-12(15)11-5-3-2-4-6-11/h2-6,10H,7-8H2,1H3,(H,14,15)/b13-9+. The third kappa shape index (κ3) is 2.65. The second kappa shape index (κ2) is 4.26. The zero-order valence-electron chi connectivity index (χ0n) is 8.73. The molecule has 3 heteroatoms. The van der Waals surface area contributed by atoms with Crippen molar-refractivity contribution >= 4 is 11.6 Å². The topological polar surface area (TPSA) is 41.5 Å². The molecule has 0 bridgehead atoms. The fourth-order valence-corrected chi connectivity index (χ4v) is 1.39. The first-order valence-corrected chi connectivity index (χ1v) is 5.17. The van der Waals surface area contributed by atoms with Gasteiger partial charge in [-0.25, -0.2) is 5.43 Å². The lowest BCUT2D eigenvalue weighted by atomic mass is 10.2. The molecule has 1 aliphatic carbocycles. The maximum absolute atomic E-state index is 11.6. The lowest BCUT2D eigenvalue weighted by Crippen LogP contribution is -2.19. The van der Waals surface area contributed by atoms with Crippen LogP contribution in [0.5, 0.6) is 0 Å². The number of amides is 1. The normalized spacial score (nSPS) is 16.2. The minimum absolute atomic E-state index is 0.143. The Balaban J connectivity index is 1.95. The van der Waals surface area contributed by atoms with E-state index in [0.717, 1.165) is 5.71 Å². The highest BCUT2D eigenvalue weighted by Gasteiger charge is 2.24. The van der Waals surface area contributed by atoms with Crippen molar-refractivity contribution in [2.75, 3.05) is 0 Å². The monoisotopic (exact) mass is 202 g/mol. The van der Waals surface area contributed by atoms with Crippen LogP contribution in [0.25, 0.3) is 0 Å². The van der Waals surface area contributed by atoms with Crippen LogP contribution in [0.1, 0.15) is 30.1 Å². The van der Waals surface area contributed by atoms with E-state index in [1.54, 1.807) is 12.1 Å². The van der Waals surface area contributed by atoms with E-state index in [0.29, 0.717) is 11.5 Å². The maximum Gasteiger partial charge on any atom is 0.271 e. The van der Waals surface area contributed by atoms with Gasteiger partial charge in [0.15, 0.2) is 0 Å². The molecule has 1 aliphatic rings. The van der Waals surface area contributed by atoms with Gasteiger partial charge in [-0.2, -0.15) is 5.10 Å². The quantitative estimate of drug-likeness (QED) is 0.592. The highest BCUT2D eigenvalue weighted by atomic mass is 16.2. The van der Waals surface area contributed by atoms with Crippen LogP contribution < -0.4 is 5.43 Å². The largest absolute Gasteiger partial charge is 0.271 e. The van der Waals surface area contributed by atoms with Gasteiger partial charge in [0.25, 0.3) is 5.91 Å². The van der Waals surface area contributed by atoms with Crippen LogP contribution in [-0.4, -0.2) is 11.6 Å². The lowest BCUT2D eigenvalue weighted by molar-refractivity contribution is 0.0954. The predicted molar refractivity (Wildman–Crippen MR) is 59.7 cm³/mol. The molecule has 1 fully saturated rings. The molecule has 0 saturated heterocycles. The molecule has 0 aromatic heterocycles. The van der Waals surface area contributed by atoms with Crippen molar-refractivity contribution in [2.45, 2.75) is 19.8 Å². The van der Waals surface area contributed by atoms with Crippen LogP contribution in [0.15, 0.2) is 35.4 Å². The van der Waals surface area contributed by atoms with Crippen molar-refractivity contribution in [2.24, 2.45) is 11.0 Å². The van der Waals surface area contributed by atoms with Crippen molar-refractivity contribution in [1.29, 1.82) is 0 Å². The molecular formula is C12H14N2O. The maximum atomic E-state index is 11.6. The Kier molecular flexibility index (Phi) is 2.81. The zero-order valence-corrected chi connectivity index (χ0v) is 8.73. The van der Waals surface area contributed by atoms with Crippen LogP contribution in [-0.2, 0) is 0 Å². The van der Waals surface area contributed by atoms with E-state index in [4.69, 9.17) is 0 Å². The summed E-state index contributed by atoms with van der Waals surface area (Å²) >= 11 is 0. The number of hydrogen-bond donors (Lipinski definition) is 1. The number of nitrogens with one attached hydrogen (secondary N) is 1. The van der Waals surface area contributed by atoms with E-state index in [9.17, 15) is 4.79 Å². The van der Waals surface area contributed by atoms with Gasteiger partial charge >= 0.3 is 0 Å². The van der Waals surface area contributed by atoms with Gasteiger partial charge in [0, 0.05) is 11.3 Å². The summed E-state index contributed by atoms with van der Waals surface area (Å²) in [5.41, 5.74) is 4.24. The third-order valence-corrected chi connectivity index (χ3v) is 2.54. The first kappa shape index (κ1) is 9.90. The predicted octanol–water partition coefficient (Wildman–Crippen LogP) is 2.20. The molecule has 15 heavy (non-hydrogen) atoms. The lowest BCUT2D eigenvalue weighted by Gasteiger charge is -2.00. The van der Waals surface area contributed by atoms with Gasteiger partial charge in [0.05, 0.1) is 0 Å². The number of hydrogen-bond acceptors (Lipinski definition) is 2. The number of nitrogens with zero attached hydrogens (tertiary/aromatic N) is 1. The molecule has 1 N–H and O–H groups in total. The zero-order chi connectivity index (χ0) is 10.7.